The molecule has 2 atom stereocenters. The van der Waals surface area contributed by atoms with E-state index in [9.17, 15) is 4.79 Å². The van der Waals surface area contributed by atoms with Crippen molar-refractivity contribution in [1.29, 1.82) is 5.41 Å². The number of nitrogens with two attached hydrogens (primary N) is 1. The van der Waals surface area contributed by atoms with Crippen molar-refractivity contribution in [2.24, 2.45) is 5.73 Å². The van der Waals surface area contributed by atoms with Crippen molar-refractivity contribution in [2.75, 3.05) is 18.5 Å². The van der Waals surface area contributed by atoms with Gasteiger partial charge in [0.1, 0.15) is 40.5 Å². The number of carbonyl (C=O) groups excluding carboxylic acids is 1. The Morgan fingerprint density at radius 3 is 2.62 bits per heavy atom. The SMILES string of the molecule is CC(=N)N.CCn1c(-c2cnc(C)nc2)nc2c(-c3cnc4c(c3)C(C)(NC3CCOC3)C(=O)N4)ncnc21. The minimum Gasteiger partial charge on any atom is -0.388 e. The van der Waals surface area contributed by atoms with Crippen molar-refractivity contribution in [3.05, 3.63) is 42.4 Å². The second-order valence-corrected chi connectivity index (χ2v) is 9.68. The number of carbonyl (C=O) groups is 1. The first-order chi connectivity index (χ1) is 18.7. The fourth-order valence-corrected chi connectivity index (χ4v) is 4.81. The van der Waals surface area contributed by atoms with Gasteiger partial charge in [-0.25, -0.2) is 29.9 Å². The molecule has 1 fully saturated rings. The van der Waals surface area contributed by atoms with Gasteiger partial charge in [0.15, 0.2) is 5.65 Å². The van der Waals surface area contributed by atoms with Crippen LogP contribution in [0.3, 0.4) is 0 Å². The second kappa shape index (κ2) is 10.4. The van der Waals surface area contributed by atoms with Gasteiger partial charge in [-0.15, -0.1) is 0 Å². The lowest BCUT2D eigenvalue weighted by Crippen LogP contribution is -2.50. The van der Waals surface area contributed by atoms with Gasteiger partial charge in [0.25, 0.3) is 0 Å². The first-order valence-electron chi connectivity index (χ1n) is 12.7. The summed E-state index contributed by atoms with van der Waals surface area (Å²) >= 11 is 0. The summed E-state index contributed by atoms with van der Waals surface area (Å²) in [5.41, 5.74) is 8.14. The van der Waals surface area contributed by atoms with E-state index in [1.54, 1.807) is 18.6 Å². The Morgan fingerprint density at radius 2 is 1.95 bits per heavy atom. The molecule has 6 rings (SSSR count). The molecule has 202 valence electrons. The van der Waals surface area contributed by atoms with Crippen LogP contribution in [0, 0.1) is 12.3 Å². The fraction of sp³-hybridized carbons (Fsp3) is 0.385. The van der Waals surface area contributed by atoms with Crippen LogP contribution in [0.15, 0.2) is 31.0 Å². The molecule has 1 saturated heterocycles. The maximum absolute atomic E-state index is 13.0. The standard InChI is InChI=1S/C24H25N9O2.C2H6N2/c1-4-33-21(15-9-25-13(2)26-10-15)30-19-18(28-12-29-22(19)33)14-7-17-20(27-8-14)31-23(34)24(17,3)32-16-5-6-35-11-16;1-2(3)4/h7-10,12,16,32H,4-6,11H2,1-3H3,(H,27,31,34);1H3,(H3,3,4). The van der Waals surface area contributed by atoms with Crippen molar-refractivity contribution >= 4 is 28.7 Å². The number of amidine groups is 1. The van der Waals surface area contributed by atoms with Crippen molar-refractivity contribution in [2.45, 2.75) is 52.2 Å². The lowest BCUT2D eigenvalue weighted by atomic mass is 9.92. The Labute approximate surface area is 225 Å². The number of aromatic nitrogens is 7. The number of amides is 1. The second-order valence-electron chi connectivity index (χ2n) is 9.68. The van der Waals surface area contributed by atoms with Gasteiger partial charge in [0.05, 0.1) is 18.0 Å². The third-order valence-electron chi connectivity index (χ3n) is 6.70. The molecule has 13 nitrogen and oxygen atoms in total. The van der Waals surface area contributed by atoms with E-state index in [-0.39, 0.29) is 17.8 Å². The number of hydrogen-bond acceptors (Lipinski definition) is 10. The van der Waals surface area contributed by atoms with Crippen LogP contribution in [0.4, 0.5) is 5.82 Å². The van der Waals surface area contributed by atoms with Crippen LogP contribution in [-0.4, -0.2) is 65.5 Å². The zero-order valence-corrected chi connectivity index (χ0v) is 22.3. The van der Waals surface area contributed by atoms with Gasteiger partial charge in [-0.1, -0.05) is 0 Å². The Kier molecular flexibility index (Phi) is 7.02. The molecular formula is C26H31N11O2. The monoisotopic (exact) mass is 529 g/mol. The van der Waals surface area contributed by atoms with Crippen molar-refractivity contribution in [1.82, 2.24) is 39.8 Å². The maximum Gasteiger partial charge on any atom is 0.250 e. The molecule has 6 heterocycles. The smallest absolute Gasteiger partial charge is 0.250 e. The summed E-state index contributed by atoms with van der Waals surface area (Å²) in [5.74, 6) is 2.01. The summed E-state index contributed by atoms with van der Waals surface area (Å²) < 4.78 is 7.52. The molecule has 0 spiro atoms. The van der Waals surface area contributed by atoms with Gasteiger partial charge in [-0.2, -0.15) is 0 Å². The first kappa shape index (κ1) is 26.3. The van der Waals surface area contributed by atoms with E-state index in [1.165, 1.54) is 13.3 Å². The molecule has 2 aliphatic heterocycles. The molecule has 0 bridgehead atoms. The van der Waals surface area contributed by atoms with E-state index >= 15 is 0 Å². The minimum atomic E-state index is -0.921. The van der Waals surface area contributed by atoms with Gasteiger partial charge in [-0.05, 0) is 40.2 Å². The van der Waals surface area contributed by atoms with E-state index in [0.29, 0.717) is 48.3 Å². The Bertz CT molecular complexity index is 1540. The highest BCUT2D eigenvalue weighted by molar-refractivity contribution is 6.05. The van der Waals surface area contributed by atoms with Crippen molar-refractivity contribution in [3.8, 4) is 22.6 Å². The van der Waals surface area contributed by atoms with Gasteiger partial charge < -0.3 is 20.4 Å². The fourth-order valence-electron chi connectivity index (χ4n) is 4.81. The average Bonchev–Trinajstić information content (AvgIpc) is 3.61. The molecule has 5 N–H and O–H groups in total. The van der Waals surface area contributed by atoms with Crippen LogP contribution < -0.4 is 16.4 Å². The number of anilines is 1. The maximum atomic E-state index is 13.0. The lowest BCUT2D eigenvalue weighted by molar-refractivity contribution is -0.121. The average molecular weight is 530 g/mol. The van der Waals surface area contributed by atoms with Gasteiger partial charge >= 0.3 is 0 Å². The van der Waals surface area contributed by atoms with Crippen LogP contribution in [0.25, 0.3) is 33.8 Å². The normalized spacial score (nSPS) is 19.9. The van der Waals surface area contributed by atoms with E-state index in [4.69, 9.17) is 20.9 Å². The molecule has 0 saturated carbocycles. The molecule has 4 aromatic rings. The number of imidazole rings is 1. The predicted octanol–water partition coefficient (Wildman–Crippen LogP) is 2.16. The number of ether oxygens (including phenoxy) is 1. The number of nitrogens with zero attached hydrogens (tertiary/aromatic N) is 7. The van der Waals surface area contributed by atoms with Crippen LogP contribution in [0.2, 0.25) is 0 Å². The summed E-state index contributed by atoms with van der Waals surface area (Å²) in [6.07, 6.45) is 7.63. The minimum absolute atomic E-state index is 0.102. The Hall–Kier alpha value is -4.36. The number of aryl methyl sites for hydroxylation is 2. The molecule has 39 heavy (non-hydrogen) atoms. The topological polar surface area (TPSA) is 182 Å². The van der Waals surface area contributed by atoms with Crippen molar-refractivity contribution in [3.63, 3.8) is 0 Å². The molecule has 2 aliphatic rings. The van der Waals surface area contributed by atoms with E-state index in [0.717, 1.165) is 28.9 Å². The number of pyridine rings is 1. The largest absolute Gasteiger partial charge is 0.388 e. The summed E-state index contributed by atoms with van der Waals surface area (Å²) in [7, 11) is 0. The van der Waals surface area contributed by atoms with E-state index < -0.39 is 5.54 Å². The quantitative estimate of drug-likeness (QED) is 0.221. The summed E-state index contributed by atoms with van der Waals surface area (Å²) in [4.78, 5) is 40.2. The zero-order valence-electron chi connectivity index (χ0n) is 22.3. The first-order valence-corrected chi connectivity index (χ1v) is 12.7. The molecule has 0 aromatic carbocycles. The van der Waals surface area contributed by atoms with Gasteiger partial charge in [-0.3, -0.25) is 15.5 Å². The summed E-state index contributed by atoms with van der Waals surface area (Å²) in [6.45, 7) is 9.24. The number of hydrogen-bond donors (Lipinski definition) is 4. The van der Waals surface area contributed by atoms with E-state index in [1.807, 2.05) is 31.4 Å². The van der Waals surface area contributed by atoms with Gasteiger partial charge in [0, 0.05) is 48.9 Å². The Morgan fingerprint density at radius 1 is 1.23 bits per heavy atom. The summed E-state index contributed by atoms with van der Waals surface area (Å²) in [6, 6.07) is 2.07. The van der Waals surface area contributed by atoms with Crippen LogP contribution >= 0.6 is 0 Å². The van der Waals surface area contributed by atoms with Crippen LogP contribution in [-0.2, 0) is 21.6 Å². The predicted molar refractivity (Wildman–Crippen MR) is 146 cm³/mol. The van der Waals surface area contributed by atoms with E-state index in [2.05, 4.69) is 35.6 Å². The summed E-state index contributed by atoms with van der Waals surface area (Å²) in [5, 5.41) is 12.7. The third-order valence-corrected chi connectivity index (χ3v) is 6.70. The molecule has 13 heteroatoms. The number of rotatable bonds is 5. The number of nitrogens with one attached hydrogen (secondary N) is 3. The van der Waals surface area contributed by atoms with Crippen molar-refractivity contribution < 1.29 is 9.53 Å². The highest BCUT2D eigenvalue weighted by Crippen LogP contribution is 2.38. The van der Waals surface area contributed by atoms with Gasteiger partial charge in [0.2, 0.25) is 5.91 Å². The zero-order chi connectivity index (χ0) is 27.7. The molecule has 4 aromatic heterocycles. The highest BCUT2D eigenvalue weighted by atomic mass is 16.5. The Balaban J connectivity index is 0.000000723. The molecule has 2 unspecified atom stereocenters. The molecule has 1 amide bonds. The molecular weight excluding hydrogens is 498 g/mol. The molecule has 0 aliphatic carbocycles. The van der Waals surface area contributed by atoms with Crippen LogP contribution in [0.1, 0.15) is 38.6 Å². The third kappa shape index (κ3) is 4.93. The molecule has 0 radical (unpaired) electrons. The lowest BCUT2D eigenvalue weighted by Gasteiger charge is -2.27. The van der Waals surface area contributed by atoms with Crippen LogP contribution in [0.5, 0.6) is 0 Å². The number of fused-ring (bicyclic) bond motifs is 2. The highest BCUT2D eigenvalue weighted by Gasteiger charge is 2.45.